The molecular weight excluding hydrogens is 307 g/mol. The lowest BCUT2D eigenvalue weighted by Crippen LogP contribution is -2.12. The van der Waals surface area contributed by atoms with E-state index in [0.717, 1.165) is 21.9 Å². The Morgan fingerprint density at radius 1 is 0.917 bits per heavy atom. The van der Waals surface area contributed by atoms with Crippen molar-refractivity contribution in [2.45, 2.75) is 6.42 Å². The van der Waals surface area contributed by atoms with Crippen molar-refractivity contribution >= 4 is 27.9 Å². The second-order valence-electron chi connectivity index (χ2n) is 5.50. The Balaban J connectivity index is 1.61. The van der Waals surface area contributed by atoms with E-state index < -0.39 is 11.8 Å². The van der Waals surface area contributed by atoms with E-state index in [4.69, 9.17) is 9.15 Å². The van der Waals surface area contributed by atoms with Crippen LogP contribution in [0.25, 0.3) is 21.9 Å². The van der Waals surface area contributed by atoms with Crippen LogP contribution in [0.4, 0.5) is 4.39 Å². The van der Waals surface area contributed by atoms with Crippen LogP contribution < -0.4 is 4.74 Å². The van der Waals surface area contributed by atoms with E-state index in [9.17, 15) is 9.18 Å². The largest absolute Gasteiger partial charge is 0.456 e. The number of rotatable bonds is 3. The van der Waals surface area contributed by atoms with Crippen LogP contribution in [0, 0.1) is 5.82 Å². The van der Waals surface area contributed by atoms with E-state index in [0.29, 0.717) is 11.3 Å². The van der Waals surface area contributed by atoms with Gasteiger partial charge in [-0.1, -0.05) is 36.4 Å². The van der Waals surface area contributed by atoms with Gasteiger partial charge in [0, 0.05) is 10.8 Å². The van der Waals surface area contributed by atoms with Gasteiger partial charge in [0.15, 0.2) is 0 Å². The van der Waals surface area contributed by atoms with Gasteiger partial charge in [-0.2, -0.15) is 0 Å². The van der Waals surface area contributed by atoms with Gasteiger partial charge in [0.2, 0.25) is 0 Å². The monoisotopic (exact) mass is 320 g/mol. The van der Waals surface area contributed by atoms with Crippen LogP contribution in [0.3, 0.4) is 0 Å². The molecule has 0 amide bonds. The van der Waals surface area contributed by atoms with Gasteiger partial charge in [-0.05, 0) is 35.9 Å². The molecule has 3 nitrogen and oxygen atoms in total. The molecule has 4 aromatic rings. The fraction of sp³-hybridized carbons (Fsp3) is 0.0500. The van der Waals surface area contributed by atoms with Crippen molar-refractivity contribution in [3.63, 3.8) is 0 Å². The first-order valence-corrected chi connectivity index (χ1v) is 7.56. The number of carbonyl (C=O) groups is 1. The Labute approximate surface area is 137 Å². The van der Waals surface area contributed by atoms with Crippen LogP contribution in [0.1, 0.15) is 5.56 Å². The van der Waals surface area contributed by atoms with Gasteiger partial charge in [-0.25, -0.2) is 4.39 Å². The molecule has 0 bridgehead atoms. The van der Waals surface area contributed by atoms with E-state index in [1.54, 1.807) is 36.4 Å². The number of fused-ring (bicyclic) bond motifs is 3. The van der Waals surface area contributed by atoms with Crippen LogP contribution in [0.2, 0.25) is 0 Å². The molecule has 3 aromatic carbocycles. The number of halogens is 1. The Morgan fingerprint density at radius 3 is 2.54 bits per heavy atom. The summed E-state index contributed by atoms with van der Waals surface area (Å²) in [5.41, 5.74) is 1.82. The zero-order chi connectivity index (χ0) is 16.5. The lowest BCUT2D eigenvalue weighted by molar-refractivity contribution is -0.133. The van der Waals surface area contributed by atoms with Gasteiger partial charge >= 0.3 is 5.97 Å². The van der Waals surface area contributed by atoms with Crippen LogP contribution in [0.15, 0.2) is 71.1 Å². The summed E-state index contributed by atoms with van der Waals surface area (Å²) in [5.74, 6) is -0.506. The average molecular weight is 320 g/mol. The number of carbonyl (C=O) groups excluding carboxylic acids is 1. The standard InChI is InChI=1S/C20H13FO3/c21-17-7-3-1-5-13(17)11-20(22)23-14-9-10-19-16(12-14)15-6-2-4-8-18(15)24-19/h1-10,12H,11H2. The minimum atomic E-state index is -0.507. The fourth-order valence-electron chi connectivity index (χ4n) is 2.73. The minimum absolute atomic E-state index is 0.114. The van der Waals surface area contributed by atoms with E-state index in [1.165, 1.54) is 6.07 Å². The maximum absolute atomic E-state index is 13.6. The summed E-state index contributed by atoms with van der Waals surface area (Å²) in [7, 11) is 0. The molecule has 1 aromatic heterocycles. The van der Waals surface area contributed by atoms with Crippen molar-refractivity contribution in [2.75, 3.05) is 0 Å². The molecule has 118 valence electrons. The lowest BCUT2D eigenvalue weighted by Gasteiger charge is -2.05. The Morgan fingerprint density at radius 2 is 1.67 bits per heavy atom. The second-order valence-corrected chi connectivity index (χ2v) is 5.50. The second kappa shape index (κ2) is 5.81. The van der Waals surface area contributed by atoms with Crippen molar-refractivity contribution in [3.05, 3.63) is 78.1 Å². The van der Waals surface area contributed by atoms with Gasteiger partial charge < -0.3 is 9.15 Å². The summed E-state index contributed by atoms with van der Waals surface area (Å²) in [6, 6.07) is 19.0. The first-order chi connectivity index (χ1) is 11.7. The van der Waals surface area contributed by atoms with Crippen LogP contribution in [0.5, 0.6) is 5.75 Å². The molecule has 0 aliphatic carbocycles. The highest BCUT2D eigenvalue weighted by Crippen LogP contribution is 2.31. The molecule has 4 heteroatoms. The number of hydrogen-bond acceptors (Lipinski definition) is 3. The van der Waals surface area contributed by atoms with Crippen LogP contribution in [-0.2, 0) is 11.2 Å². The SMILES string of the molecule is O=C(Cc1ccccc1F)Oc1ccc2oc3ccccc3c2c1. The molecule has 0 saturated carbocycles. The zero-order valence-electron chi connectivity index (χ0n) is 12.7. The summed E-state index contributed by atoms with van der Waals surface area (Å²) < 4.78 is 24.7. The van der Waals surface area contributed by atoms with Crippen LogP contribution >= 0.6 is 0 Å². The molecule has 1 heterocycles. The minimum Gasteiger partial charge on any atom is -0.456 e. The van der Waals surface area contributed by atoms with E-state index >= 15 is 0 Å². The molecule has 0 saturated heterocycles. The molecule has 0 aliphatic rings. The van der Waals surface area contributed by atoms with Crippen LogP contribution in [-0.4, -0.2) is 5.97 Å². The van der Waals surface area contributed by atoms with Crippen molar-refractivity contribution in [1.29, 1.82) is 0 Å². The van der Waals surface area contributed by atoms with E-state index in [1.807, 2.05) is 24.3 Å². The van der Waals surface area contributed by atoms with Gasteiger partial charge in [0.25, 0.3) is 0 Å². The summed E-state index contributed by atoms with van der Waals surface area (Å²) in [6.45, 7) is 0. The zero-order valence-corrected chi connectivity index (χ0v) is 12.7. The maximum atomic E-state index is 13.6. The summed E-state index contributed by atoms with van der Waals surface area (Å²) in [5, 5.41) is 1.83. The molecule has 0 aliphatic heterocycles. The molecule has 0 unspecified atom stereocenters. The number of furan rings is 1. The fourth-order valence-corrected chi connectivity index (χ4v) is 2.73. The molecule has 24 heavy (non-hydrogen) atoms. The highest BCUT2D eigenvalue weighted by atomic mass is 19.1. The summed E-state index contributed by atoms with van der Waals surface area (Å²) >= 11 is 0. The number of benzene rings is 3. The highest BCUT2D eigenvalue weighted by Gasteiger charge is 2.12. The van der Waals surface area contributed by atoms with Crippen molar-refractivity contribution in [3.8, 4) is 5.75 Å². The average Bonchev–Trinajstić information content (AvgIpc) is 2.95. The molecule has 0 atom stereocenters. The van der Waals surface area contributed by atoms with Gasteiger partial charge in [-0.3, -0.25) is 4.79 Å². The van der Waals surface area contributed by atoms with Crippen molar-refractivity contribution < 1.29 is 18.3 Å². The molecular formula is C20H13FO3. The van der Waals surface area contributed by atoms with Gasteiger partial charge in [0.1, 0.15) is 22.7 Å². The summed E-state index contributed by atoms with van der Waals surface area (Å²) in [6.07, 6.45) is -0.114. The Hall–Kier alpha value is -3.14. The van der Waals surface area contributed by atoms with Gasteiger partial charge in [-0.15, -0.1) is 0 Å². The quantitative estimate of drug-likeness (QED) is 0.399. The van der Waals surface area contributed by atoms with E-state index in [2.05, 4.69) is 0 Å². The third-order valence-electron chi connectivity index (χ3n) is 3.87. The third-order valence-corrected chi connectivity index (χ3v) is 3.87. The van der Waals surface area contributed by atoms with Crippen molar-refractivity contribution in [2.24, 2.45) is 0 Å². The number of para-hydroxylation sites is 1. The molecule has 4 rings (SSSR count). The highest BCUT2D eigenvalue weighted by molar-refractivity contribution is 6.05. The Kier molecular flexibility index (Phi) is 3.50. The molecule has 0 spiro atoms. The Bertz CT molecular complexity index is 1050. The number of esters is 1. The first kappa shape index (κ1) is 14.5. The molecule has 0 fully saturated rings. The molecule has 0 N–H and O–H groups in total. The topological polar surface area (TPSA) is 39.4 Å². The van der Waals surface area contributed by atoms with E-state index in [-0.39, 0.29) is 6.42 Å². The first-order valence-electron chi connectivity index (χ1n) is 7.56. The van der Waals surface area contributed by atoms with Crippen molar-refractivity contribution in [1.82, 2.24) is 0 Å². The maximum Gasteiger partial charge on any atom is 0.315 e. The third kappa shape index (κ3) is 2.63. The smallest absolute Gasteiger partial charge is 0.315 e. The van der Waals surface area contributed by atoms with Gasteiger partial charge in [0.05, 0.1) is 6.42 Å². The number of hydrogen-bond donors (Lipinski definition) is 0. The summed E-state index contributed by atoms with van der Waals surface area (Å²) in [4.78, 5) is 12.1. The number of ether oxygens (including phenoxy) is 1. The molecule has 0 radical (unpaired) electrons. The predicted molar refractivity (Wildman–Crippen MR) is 89.5 cm³/mol. The predicted octanol–water partition coefficient (Wildman–Crippen LogP) is 4.87. The normalized spacial score (nSPS) is 11.0. The lowest BCUT2D eigenvalue weighted by atomic mass is 10.1.